The minimum absolute atomic E-state index is 0.000148. The Hall–Kier alpha value is -3.53. The molecule has 1 aliphatic carbocycles. The smallest absolute Gasteiger partial charge is 0.138 e. The van der Waals surface area contributed by atoms with E-state index in [0.717, 1.165) is 51.8 Å². The molecule has 3 aliphatic rings. The first-order valence-electron chi connectivity index (χ1n) is 13.4. The van der Waals surface area contributed by atoms with Crippen LogP contribution in [0, 0.1) is 0 Å². The third-order valence-electron chi connectivity index (χ3n) is 8.77. The number of ether oxygens (including phenoxy) is 3. The zero-order valence-corrected chi connectivity index (χ0v) is 21.6. The Labute approximate surface area is 219 Å². The van der Waals surface area contributed by atoms with E-state index in [0.29, 0.717) is 19.8 Å². The van der Waals surface area contributed by atoms with Crippen molar-refractivity contribution in [2.45, 2.75) is 50.0 Å². The predicted molar refractivity (Wildman–Crippen MR) is 143 cm³/mol. The fraction of sp³-hybridized carbons (Fsp3) is 0.414. The summed E-state index contributed by atoms with van der Waals surface area (Å²) in [5.74, 6) is 0. The van der Waals surface area contributed by atoms with Crippen LogP contribution in [0.3, 0.4) is 0 Å². The summed E-state index contributed by atoms with van der Waals surface area (Å²) in [6.45, 7) is 1.82. The normalized spacial score (nSPS) is 22.4. The van der Waals surface area contributed by atoms with Gasteiger partial charge in [-0.2, -0.15) is 10.2 Å². The van der Waals surface area contributed by atoms with Crippen LogP contribution in [0.15, 0.2) is 43.0 Å². The van der Waals surface area contributed by atoms with Crippen molar-refractivity contribution in [2.24, 2.45) is 7.05 Å². The van der Waals surface area contributed by atoms with E-state index in [1.807, 2.05) is 30.3 Å². The van der Waals surface area contributed by atoms with Gasteiger partial charge < -0.3 is 19.2 Å². The average molecular weight is 511 g/mol. The van der Waals surface area contributed by atoms with E-state index < -0.39 is 0 Å². The maximum atomic E-state index is 6.53. The van der Waals surface area contributed by atoms with Crippen molar-refractivity contribution in [1.82, 2.24) is 29.5 Å². The van der Waals surface area contributed by atoms with Crippen molar-refractivity contribution in [3.8, 4) is 22.4 Å². The lowest BCUT2D eigenvalue weighted by Gasteiger charge is -2.24. The minimum atomic E-state index is -0.216. The molecule has 1 saturated heterocycles. The highest BCUT2D eigenvalue weighted by atomic mass is 16.5. The maximum Gasteiger partial charge on any atom is 0.138 e. The van der Waals surface area contributed by atoms with E-state index >= 15 is 0 Å². The quantitative estimate of drug-likeness (QED) is 0.371. The van der Waals surface area contributed by atoms with Gasteiger partial charge in [0.25, 0.3) is 0 Å². The van der Waals surface area contributed by atoms with Crippen molar-refractivity contribution in [2.75, 3.05) is 20.3 Å². The Balaban J connectivity index is 1.36. The first kappa shape index (κ1) is 22.5. The standard InChI is InChI=1S/C29H30N6O3/c1-34-13-19(12-31-34)27-24(25-26-20(10-30-28(25)33-27)14-38-29(26)7-3-4-8-29)17-5-6-21-18(9-17)11-32-35(21)22-15-37-16-23(22)36-2/h5-6,9-13,22-23H,3-4,7-8,14-16H2,1-2H3,(H,30,33)/t22-,23+/m0/s1. The van der Waals surface area contributed by atoms with E-state index in [4.69, 9.17) is 24.3 Å². The van der Waals surface area contributed by atoms with Gasteiger partial charge in [0.2, 0.25) is 0 Å². The minimum Gasteiger partial charge on any atom is -0.377 e. The number of aromatic amines is 1. The second-order valence-corrected chi connectivity index (χ2v) is 10.9. The van der Waals surface area contributed by atoms with Crippen molar-refractivity contribution in [3.63, 3.8) is 0 Å². The largest absolute Gasteiger partial charge is 0.377 e. The molecular weight excluding hydrogens is 480 g/mol. The van der Waals surface area contributed by atoms with Gasteiger partial charge in [-0.15, -0.1) is 0 Å². The Morgan fingerprint density at radius 3 is 2.79 bits per heavy atom. The number of H-pyrrole nitrogens is 1. The predicted octanol–water partition coefficient (Wildman–Crippen LogP) is 4.87. The number of hydrogen-bond acceptors (Lipinski definition) is 6. The van der Waals surface area contributed by atoms with E-state index in [1.54, 1.807) is 7.11 Å². The summed E-state index contributed by atoms with van der Waals surface area (Å²) in [6.07, 6.45) is 12.4. The molecular formula is C29H30N6O3. The lowest BCUT2D eigenvalue weighted by Crippen LogP contribution is -2.25. The van der Waals surface area contributed by atoms with E-state index in [9.17, 15) is 0 Å². The van der Waals surface area contributed by atoms with Crippen LogP contribution in [0.4, 0.5) is 0 Å². The molecule has 9 heteroatoms. The average Bonchev–Trinajstić information content (AvgIpc) is 3.77. The molecule has 194 valence electrons. The van der Waals surface area contributed by atoms with Gasteiger partial charge in [-0.1, -0.05) is 18.9 Å². The van der Waals surface area contributed by atoms with Crippen LogP contribution in [0.2, 0.25) is 0 Å². The number of fused-ring (bicyclic) bond motifs is 5. The molecule has 4 aromatic heterocycles. The Morgan fingerprint density at radius 1 is 1.08 bits per heavy atom. The van der Waals surface area contributed by atoms with Gasteiger partial charge in [-0.25, -0.2) is 4.98 Å². The number of nitrogens with one attached hydrogen (secondary N) is 1. The highest BCUT2D eigenvalue weighted by Crippen LogP contribution is 2.53. The second kappa shape index (κ2) is 8.23. The van der Waals surface area contributed by atoms with Gasteiger partial charge in [0.1, 0.15) is 17.8 Å². The molecule has 1 spiro atoms. The molecule has 2 fully saturated rings. The number of nitrogens with zero attached hydrogens (tertiary/aromatic N) is 5. The number of pyridine rings is 1. The SMILES string of the molecule is CO[C@@H]1COC[C@@H]1n1ncc2cc(-c3c(-c4cnn(C)c4)[nH]c4ncc5c(c34)C3(CCCC3)OC5)ccc21. The molecule has 1 aromatic carbocycles. The first-order chi connectivity index (χ1) is 18.6. The second-order valence-electron chi connectivity index (χ2n) is 10.9. The van der Waals surface area contributed by atoms with Crippen LogP contribution in [-0.2, 0) is 33.5 Å². The molecule has 0 bridgehead atoms. The van der Waals surface area contributed by atoms with Crippen LogP contribution >= 0.6 is 0 Å². The summed E-state index contributed by atoms with van der Waals surface area (Å²) in [6, 6.07) is 6.69. The third-order valence-corrected chi connectivity index (χ3v) is 8.77. The first-order valence-corrected chi connectivity index (χ1v) is 13.4. The van der Waals surface area contributed by atoms with Crippen molar-refractivity contribution in [3.05, 3.63) is 54.1 Å². The number of aryl methyl sites for hydroxylation is 1. The lowest BCUT2D eigenvalue weighted by molar-refractivity contribution is -0.0317. The van der Waals surface area contributed by atoms with Gasteiger partial charge >= 0.3 is 0 Å². The highest BCUT2D eigenvalue weighted by Gasteiger charge is 2.45. The Morgan fingerprint density at radius 2 is 1.97 bits per heavy atom. The molecule has 0 amide bonds. The lowest BCUT2D eigenvalue weighted by atomic mass is 9.86. The molecule has 2 aliphatic heterocycles. The van der Waals surface area contributed by atoms with E-state index in [1.165, 1.54) is 29.4 Å². The maximum absolute atomic E-state index is 6.53. The summed E-state index contributed by atoms with van der Waals surface area (Å²) in [4.78, 5) is 8.54. The Bertz CT molecular complexity index is 1690. The number of hydrogen-bond donors (Lipinski definition) is 1. The zero-order valence-electron chi connectivity index (χ0n) is 21.6. The number of benzene rings is 1. The molecule has 2 atom stereocenters. The summed E-state index contributed by atoms with van der Waals surface area (Å²) in [5.41, 5.74) is 8.64. The number of rotatable bonds is 4. The molecule has 5 aromatic rings. The zero-order chi connectivity index (χ0) is 25.4. The van der Waals surface area contributed by atoms with Crippen molar-refractivity contribution >= 4 is 21.9 Å². The number of methoxy groups -OCH3 is 1. The van der Waals surface area contributed by atoms with Gasteiger partial charge in [-0.3, -0.25) is 9.36 Å². The molecule has 1 N–H and O–H groups in total. The van der Waals surface area contributed by atoms with Crippen LogP contribution in [-0.4, -0.2) is 56.0 Å². The summed E-state index contributed by atoms with van der Waals surface area (Å²) >= 11 is 0. The molecule has 0 radical (unpaired) electrons. The molecule has 6 heterocycles. The summed E-state index contributed by atoms with van der Waals surface area (Å²) in [5, 5.41) is 11.5. The van der Waals surface area contributed by atoms with Crippen LogP contribution in [0.1, 0.15) is 42.9 Å². The fourth-order valence-corrected chi connectivity index (χ4v) is 6.96. The van der Waals surface area contributed by atoms with Crippen molar-refractivity contribution in [1.29, 1.82) is 0 Å². The highest BCUT2D eigenvalue weighted by molar-refractivity contribution is 6.06. The Kier molecular flexibility index (Phi) is 4.86. The monoisotopic (exact) mass is 510 g/mol. The summed E-state index contributed by atoms with van der Waals surface area (Å²) < 4.78 is 21.8. The molecule has 8 rings (SSSR count). The summed E-state index contributed by atoms with van der Waals surface area (Å²) in [7, 11) is 3.68. The number of aromatic nitrogens is 6. The van der Waals surface area contributed by atoms with Crippen LogP contribution in [0.25, 0.3) is 44.3 Å². The van der Waals surface area contributed by atoms with E-state index in [2.05, 4.69) is 39.2 Å². The van der Waals surface area contributed by atoms with Crippen molar-refractivity contribution < 1.29 is 14.2 Å². The van der Waals surface area contributed by atoms with Gasteiger partial charge in [0.05, 0.1) is 49.0 Å². The topological polar surface area (TPSA) is 92.0 Å². The van der Waals surface area contributed by atoms with Crippen LogP contribution < -0.4 is 0 Å². The van der Waals surface area contributed by atoms with Gasteiger partial charge in [0, 0.05) is 59.6 Å². The molecule has 1 saturated carbocycles. The molecule has 38 heavy (non-hydrogen) atoms. The van der Waals surface area contributed by atoms with E-state index in [-0.39, 0.29) is 17.7 Å². The molecule has 9 nitrogen and oxygen atoms in total. The third kappa shape index (κ3) is 3.12. The van der Waals surface area contributed by atoms with Gasteiger partial charge in [0.15, 0.2) is 0 Å². The van der Waals surface area contributed by atoms with Gasteiger partial charge in [-0.05, 0) is 30.5 Å². The molecule has 0 unspecified atom stereocenters. The fourth-order valence-electron chi connectivity index (χ4n) is 6.96. The van der Waals surface area contributed by atoms with Crippen LogP contribution in [0.5, 0.6) is 0 Å².